The van der Waals surface area contributed by atoms with Gasteiger partial charge in [-0.3, -0.25) is 0 Å². The molecule has 1 saturated heterocycles. The lowest BCUT2D eigenvalue weighted by Crippen LogP contribution is -1.99. The van der Waals surface area contributed by atoms with E-state index in [0.29, 0.717) is 0 Å². The number of hydrogen-bond donors (Lipinski definition) is 0. The van der Waals surface area contributed by atoms with Crippen molar-refractivity contribution < 1.29 is 9.53 Å². The second kappa shape index (κ2) is 3.19. The van der Waals surface area contributed by atoms with E-state index in [1.165, 1.54) is 11.8 Å². The Morgan fingerprint density at radius 1 is 1.33 bits per heavy atom. The molecule has 0 bridgehead atoms. The van der Waals surface area contributed by atoms with Crippen LogP contribution < -0.4 is 0 Å². The molecule has 0 spiro atoms. The SMILES string of the molecule is O=C1OC(c2ccccc2)CS1. The Bertz CT molecular complexity index is 284. The monoisotopic (exact) mass is 180 g/mol. The van der Waals surface area contributed by atoms with Crippen LogP contribution >= 0.6 is 11.8 Å². The first-order chi connectivity index (χ1) is 5.86. The molecule has 1 atom stereocenters. The van der Waals surface area contributed by atoms with Crippen LogP contribution in [-0.2, 0) is 4.74 Å². The minimum atomic E-state index is -0.163. The van der Waals surface area contributed by atoms with Crippen LogP contribution in [0.25, 0.3) is 0 Å². The molecule has 12 heavy (non-hydrogen) atoms. The lowest BCUT2D eigenvalue weighted by atomic mass is 10.1. The van der Waals surface area contributed by atoms with Crippen LogP contribution in [0.1, 0.15) is 11.7 Å². The topological polar surface area (TPSA) is 26.3 Å². The fraction of sp³-hybridized carbons (Fsp3) is 0.222. The van der Waals surface area contributed by atoms with Crippen molar-refractivity contribution in [3.63, 3.8) is 0 Å². The molecule has 1 heterocycles. The van der Waals surface area contributed by atoms with Crippen LogP contribution in [0.5, 0.6) is 0 Å². The van der Waals surface area contributed by atoms with Crippen LogP contribution in [0.3, 0.4) is 0 Å². The van der Waals surface area contributed by atoms with E-state index in [-0.39, 0.29) is 11.4 Å². The number of benzene rings is 1. The average molecular weight is 180 g/mol. The van der Waals surface area contributed by atoms with Crippen molar-refractivity contribution in [1.82, 2.24) is 0 Å². The van der Waals surface area contributed by atoms with Gasteiger partial charge >= 0.3 is 5.30 Å². The van der Waals surface area contributed by atoms with Crippen LogP contribution in [-0.4, -0.2) is 11.1 Å². The van der Waals surface area contributed by atoms with Crippen molar-refractivity contribution in [1.29, 1.82) is 0 Å². The van der Waals surface area contributed by atoms with Gasteiger partial charge in [-0.1, -0.05) is 30.3 Å². The zero-order chi connectivity index (χ0) is 8.39. The average Bonchev–Trinajstić information content (AvgIpc) is 2.54. The number of thioether (sulfide) groups is 1. The van der Waals surface area contributed by atoms with Crippen molar-refractivity contribution in [3.8, 4) is 0 Å². The van der Waals surface area contributed by atoms with E-state index >= 15 is 0 Å². The fourth-order valence-corrected chi connectivity index (χ4v) is 1.89. The van der Waals surface area contributed by atoms with Crippen LogP contribution in [0, 0.1) is 0 Å². The standard InChI is InChI=1S/C9H8O2S/c10-9-11-8(6-12-9)7-4-2-1-3-5-7/h1-5,8H,6H2. The number of cyclic esters (lactones) is 1. The summed E-state index contributed by atoms with van der Waals surface area (Å²) >= 11 is 1.24. The molecule has 1 aliphatic heterocycles. The summed E-state index contributed by atoms with van der Waals surface area (Å²) in [6.45, 7) is 0. The van der Waals surface area contributed by atoms with Gasteiger partial charge in [0.2, 0.25) is 0 Å². The molecular formula is C9H8O2S. The van der Waals surface area contributed by atoms with E-state index in [0.717, 1.165) is 11.3 Å². The van der Waals surface area contributed by atoms with Gasteiger partial charge in [0.15, 0.2) is 0 Å². The lowest BCUT2D eigenvalue weighted by Gasteiger charge is -2.06. The van der Waals surface area contributed by atoms with E-state index in [1.807, 2.05) is 30.3 Å². The molecule has 62 valence electrons. The summed E-state index contributed by atoms with van der Waals surface area (Å²) in [6.07, 6.45) is -0.0382. The van der Waals surface area contributed by atoms with E-state index in [9.17, 15) is 4.79 Å². The summed E-state index contributed by atoms with van der Waals surface area (Å²) in [6, 6.07) is 9.80. The Labute approximate surface area is 74.9 Å². The van der Waals surface area contributed by atoms with Gasteiger partial charge in [0.1, 0.15) is 6.10 Å². The number of rotatable bonds is 1. The molecule has 0 aromatic heterocycles. The van der Waals surface area contributed by atoms with Gasteiger partial charge in [-0.15, -0.1) is 0 Å². The minimum Gasteiger partial charge on any atom is -0.448 e. The van der Waals surface area contributed by atoms with Crippen molar-refractivity contribution in [3.05, 3.63) is 35.9 Å². The Kier molecular flexibility index (Phi) is 2.04. The summed E-state index contributed by atoms with van der Waals surface area (Å²) in [5.74, 6) is 0.739. The van der Waals surface area contributed by atoms with Gasteiger partial charge in [-0.25, -0.2) is 4.79 Å². The normalized spacial score (nSPS) is 22.3. The largest absolute Gasteiger partial charge is 0.448 e. The molecule has 2 rings (SSSR count). The van der Waals surface area contributed by atoms with E-state index in [1.54, 1.807) is 0 Å². The molecule has 0 N–H and O–H groups in total. The highest BCUT2D eigenvalue weighted by Crippen LogP contribution is 2.31. The van der Waals surface area contributed by atoms with Gasteiger partial charge in [0.25, 0.3) is 0 Å². The van der Waals surface area contributed by atoms with Crippen molar-refractivity contribution in [2.75, 3.05) is 5.75 Å². The zero-order valence-corrected chi connectivity index (χ0v) is 7.21. The molecule has 1 aromatic rings. The molecule has 0 saturated carbocycles. The highest BCUT2D eigenvalue weighted by Gasteiger charge is 2.25. The predicted molar refractivity (Wildman–Crippen MR) is 48.1 cm³/mol. The van der Waals surface area contributed by atoms with Crippen LogP contribution in [0.2, 0.25) is 0 Å². The van der Waals surface area contributed by atoms with Gasteiger partial charge in [-0.2, -0.15) is 0 Å². The summed E-state index contributed by atoms with van der Waals surface area (Å²) in [5.41, 5.74) is 1.08. The highest BCUT2D eigenvalue weighted by molar-refractivity contribution is 8.13. The third-order valence-electron chi connectivity index (χ3n) is 1.76. The summed E-state index contributed by atoms with van der Waals surface area (Å²) in [5, 5.41) is -0.163. The van der Waals surface area contributed by atoms with E-state index in [4.69, 9.17) is 4.74 Å². The van der Waals surface area contributed by atoms with Crippen LogP contribution in [0.15, 0.2) is 30.3 Å². The van der Waals surface area contributed by atoms with Gasteiger partial charge in [0.05, 0.1) is 0 Å². The van der Waals surface area contributed by atoms with Gasteiger partial charge < -0.3 is 4.74 Å². The van der Waals surface area contributed by atoms with Crippen molar-refractivity contribution in [2.45, 2.75) is 6.10 Å². The molecule has 0 radical (unpaired) electrons. The summed E-state index contributed by atoms with van der Waals surface area (Å²) in [7, 11) is 0. The van der Waals surface area contributed by atoms with E-state index in [2.05, 4.69) is 0 Å². The molecule has 0 aliphatic carbocycles. The first kappa shape index (κ1) is 7.68. The molecule has 3 heteroatoms. The smallest absolute Gasteiger partial charge is 0.368 e. The predicted octanol–water partition coefficient (Wildman–Crippen LogP) is 2.61. The Morgan fingerprint density at radius 3 is 2.67 bits per heavy atom. The zero-order valence-electron chi connectivity index (χ0n) is 6.40. The maximum absolute atomic E-state index is 10.8. The van der Waals surface area contributed by atoms with E-state index < -0.39 is 0 Å². The maximum Gasteiger partial charge on any atom is 0.368 e. The Hall–Kier alpha value is -0.960. The third kappa shape index (κ3) is 1.46. The molecule has 2 nitrogen and oxygen atoms in total. The van der Waals surface area contributed by atoms with Gasteiger partial charge in [-0.05, 0) is 17.3 Å². The molecule has 1 fully saturated rings. The van der Waals surface area contributed by atoms with Crippen molar-refractivity contribution >= 4 is 17.1 Å². The lowest BCUT2D eigenvalue weighted by molar-refractivity contribution is 0.145. The quantitative estimate of drug-likeness (QED) is 0.621. The van der Waals surface area contributed by atoms with Crippen molar-refractivity contribution in [2.24, 2.45) is 0 Å². The van der Waals surface area contributed by atoms with Gasteiger partial charge in [0, 0.05) is 5.75 Å². The number of hydrogen-bond acceptors (Lipinski definition) is 3. The molecule has 1 aliphatic rings. The molecule has 0 amide bonds. The highest BCUT2D eigenvalue weighted by atomic mass is 32.2. The molecular weight excluding hydrogens is 172 g/mol. The first-order valence-electron chi connectivity index (χ1n) is 3.74. The summed E-state index contributed by atoms with van der Waals surface area (Å²) < 4.78 is 5.07. The minimum absolute atomic E-state index is 0.0382. The van der Waals surface area contributed by atoms with Crippen LogP contribution in [0.4, 0.5) is 4.79 Å². The summed E-state index contributed by atoms with van der Waals surface area (Å²) in [4.78, 5) is 10.8. The second-order valence-electron chi connectivity index (χ2n) is 2.58. The number of ether oxygens (including phenoxy) is 1. The third-order valence-corrected chi connectivity index (χ3v) is 2.56. The fourth-order valence-electron chi connectivity index (χ4n) is 1.16. The molecule has 1 aromatic carbocycles. The number of carbonyl (C=O) groups is 1. The first-order valence-corrected chi connectivity index (χ1v) is 4.73. The molecule has 1 unspecified atom stereocenters. The Morgan fingerprint density at radius 2 is 2.08 bits per heavy atom. The number of carbonyl (C=O) groups excluding carboxylic acids is 1. The second-order valence-corrected chi connectivity index (χ2v) is 3.53. The Balaban J connectivity index is 2.16. The maximum atomic E-state index is 10.8.